The minimum atomic E-state index is -0.576. The molecular formula is C9H16O3. The molecule has 1 saturated carbocycles. The molecule has 0 spiro atoms. The van der Waals surface area contributed by atoms with Gasteiger partial charge in [-0.25, -0.2) is 0 Å². The van der Waals surface area contributed by atoms with Crippen LogP contribution < -0.4 is 0 Å². The van der Waals surface area contributed by atoms with Gasteiger partial charge in [-0.15, -0.1) is 0 Å². The molecule has 0 aromatic heterocycles. The van der Waals surface area contributed by atoms with E-state index in [9.17, 15) is 4.79 Å². The molecule has 3 heteroatoms. The van der Waals surface area contributed by atoms with Gasteiger partial charge in [-0.3, -0.25) is 4.79 Å². The molecule has 0 unspecified atom stereocenters. The molecule has 1 N–H and O–H groups in total. The van der Waals surface area contributed by atoms with Crippen LogP contribution in [0.2, 0.25) is 0 Å². The molecule has 0 aromatic rings. The summed E-state index contributed by atoms with van der Waals surface area (Å²) in [4.78, 5) is 11.3. The van der Waals surface area contributed by atoms with Crippen molar-refractivity contribution < 1.29 is 14.6 Å². The van der Waals surface area contributed by atoms with E-state index in [1.165, 1.54) is 13.5 Å². The minimum absolute atomic E-state index is 0.0698. The van der Waals surface area contributed by atoms with E-state index >= 15 is 0 Å². The van der Waals surface area contributed by atoms with E-state index in [2.05, 4.69) is 4.74 Å². The summed E-state index contributed by atoms with van der Waals surface area (Å²) in [6.07, 6.45) is 4.76. The fourth-order valence-corrected chi connectivity index (χ4v) is 1.87. The molecule has 1 aliphatic rings. The Hall–Kier alpha value is -0.570. The van der Waals surface area contributed by atoms with E-state index in [0.717, 1.165) is 25.7 Å². The number of ether oxygens (including phenoxy) is 1. The molecule has 1 rings (SSSR count). The Morgan fingerprint density at radius 2 is 2.00 bits per heavy atom. The Bertz CT molecular complexity index is 159. The van der Waals surface area contributed by atoms with Gasteiger partial charge in [-0.1, -0.05) is 19.3 Å². The van der Waals surface area contributed by atoms with Crippen LogP contribution in [0.1, 0.15) is 32.1 Å². The van der Waals surface area contributed by atoms with Crippen molar-refractivity contribution in [2.75, 3.05) is 13.7 Å². The van der Waals surface area contributed by atoms with Crippen molar-refractivity contribution in [1.82, 2.24) is 0 Å². The number of hydrogen-bond donors (Lipinski definition) is 1. The zero-order chi connectivity index (χ0) is 9.03. The first-order chi connectivity index (χ1) is 5.75. The molecule has 70 valence electrons. The predicted octanol–water partition coefficient (Wildman–Crippen LogP) is 1.10. The van der Waals surface area contributed by atoms with Gasteiger partial charge in [0.05, 0.1) is 19.1 Å². The molecule has 12 heavy (non-hydrogen) atoms. The topological polar surface area (TPSA) is 46.5 Å². The average molecular weight is 172 g/mol. The summed E-state index contributed by atoms with van der Waals surface area (Å²) in [6.45, 7) is -0.0698. The molecule has 0 heterocycles. The highest BCUT2D eigenvalue weighted by Crippen LogP contribution is 2.36. The van der Waals surface area contributed by atoms with Crippen molar-refractivity contribution in [2.45, 2.75) is 32.1 Å². The van der Waals surface area contributed by atoms with E-state index < -0.39 is 5.41 Å². The van der Waals surface area contributed by atoms with Gasteiger partial charge >= 0.3 is 5.97 Å². The number of aliphatic hydroxyl groups is 1. The van der Waals surface area contributed by atoms with E-state index in [1.807, 2.05) is 0 Å². The normalized spacial score (nSPS) is 21.8. The Kier molecular flexibility index (Phi) is 3.09. The third-order valence-corrected chi connectivity index (χ3v) is 2.73. The lowest BCUT2D eigenvalue weighted by atomic mass is 9.75. The van der Waals surface area contributed by atoms with Crippen LogP contribution in [0, 0.1) is 5.41 Å². The zero-order valence-electron chi connectivity index (χ0n) is 7.51. The fourth-order valence-electron chi connectivity index (χ4n) is 1.87. The van der Waals surface area contributed by atoms with Crippen LogP contribution in [-0.4, -0.2) is 24.8 Å². The van der Waals surface area contributed by atoms with Gasteiger partial charge in [0.15, 0.2) is 0 Å². The highest BCUT2D eigenvalue weighted by Gasteiger charge is 2.39. The van der Waals surface area contributed by atoms with Gasteiger partial charge in [0, 0.05) is 0 Å². The van der Waals surface area contributed by atoms with Gasteiger partial charge in [-0.2, -0.15) is 0 Å². The Labute approximate surface area is 72.7 Å². The van der Waals surface area contributed by atoms with Crippen LogP contribution in [0.15, 0.2) is 0 Å². The molecule has 0 bridgehead atoms. The van der Waals surface area contributed by atoms with Crippen LogP contribution >= 0.6 is 0 Å². The largest absolute Gasteiger partial charge is 0.469 e. The molecule has 3 nitrogen and oxygen atoms in total. The summed E-state index contributed by atoms with van der Waals surface area (Å²) in [7, 11) is 1.38. The number of carbonyl (C=O) groups excluding carboxylic acids is 1. The van der Waals surface area contributed by atoms with E-state index in [-0.39, 0.29) is 12.6 Å². The van der Waals surface area contributed by atoms with Gasteiger partial charge < -0.3 is 9.84 Å². The lowest BCUT2D eigenvalue weighted by Crippen LogP contribution is -2.37. The number of hydrogen-bond acceptors (Lipinski definition) is 3. The monoisotopic (exact) mass is 172 g/mol. The van der Waals surface area contributed by atoms with Crippen molar-refractivity contribution >= 4 is 5.97 Å². The highest BCUT2D eigenvalue weighted by atomic mass is 16.5. The third-order valence-electron chi connectivity index (χ3n) is 2.73. The summed E-state index contributed by atoms with van der Waals surface area (Å²) < 4.78 is 4.69. The Morgan fingerprint density at radius 3 is 2.42 bits per heavy atom. The molecule has 0 atom stereocenters. The SMILES string of the molecule is COC(=O)C1(CO)CCCCC1. The number of rotatable bonds is 2. The van der Waals surface area contributed by atoms with Gasteiger partial charge in [-0.05, 0) is 12.8 Å². The maximum absolute atomic E-state index is 11.3. The molecule has 0 amide bonds. The minimum Gasteiger partial charge on any atom is -0.469 e. The fraction of sp³-hybridized carbons (Fsp3) is 0.889. The number of esters is 1. The van der Waals surface area contributed by atoms with Crippen molar-refractivity contribution in [1.29, 1.82) is 0 Å². The Morgan fingerprint density at radius 1 is 1.42 bits per heavy atom. The van der Waals surface area contributed by atoms with Crippen LogP contribution in [0.3, 0.4) is 0 Å². The molecule has 1 fully saturated rings. The lowest BCUT2D eigenvalue weighted by molar-refractivity contribution is -0.157. The maximum atomic E-state index is 11.3. The summed E-state index contributed by atoms with van der Waals surface area (Å²) in [5, 5.41) is 9.14. The second-order valence-electron chi connectivity index (χ2n) is 3.49. The van der Waals surface area contributed by atoms with Crippen molar-refractivity contribution in [2.24, 2.45) is 5.41 Å². The van der Waals surface area contributed by atoms with Crippen LogP contribution in [0.25, 0.3) is 0 Å². The Balaban J connectivity index is 2.66. The van der Waals surface area contributed by atoms with Crippen molar-refractivity contribution in [3.8, 4) is 0 Å². The van der Waals surface area contributed by atoms with E-state index in [0.29, 0.717) is 0 Å². The molecule has 0 aliphatic heterocycles. The lowest BCUT2D eigenvalue weighted by Gasteiger charge is -2.32. The first kappa shape index (κ1) is 9.52. The summed E-state index contributed by atoms with van der Waals surface area (Å²) in [5.41, 5.74) is -0.576. The number of carbonyl (C=O) groups is 1. The first-order valence-electron chi connectivity index (χ1n) is 4.44. The van der Waals surface area contributed by atoms with Crippen molar-refractivity contribution in [3.63, 3.8) is 0 Å². The number of methoxy groups -OCH3 is 1. The third kappa shape index (κ3) is 1.61. The van der Waals surface area contributed by atoms with Gasteiger partial charge in [0.25, 0.3) is 0 Å². The molecular weight excluding hydrogens is 156 g/mol. The molecule has 0 saturated heterocycles. The van der Waals surface area contributed by atoms with E-state index in [4.69, 9.17) is 5.11 Å². The summed E-state index contributed by atoms with van der Waals surface area (Å²) in [5.74, 6) is -0.246. The quantitative estimate of drug-likeness (QED) is 0.634. The van der Waals surface area contributed by atoms with Crippen LogP contribution in [0.4, 0.5) is 0 Å². The highest BCUT2D eigenvalue weighted by molar-refractivity contribution is 5.76. The van der Waals surface area contributed by atoms with Crippen LogP contribution in [-0.2, 0) is 9.53 Å². The second-order valence-corrected chi connectivity index (χ2v) is 3.49. The first-order valence-corrected chi connectivity index (χ1v) is 4.44. The van der Waals surface area contributed by atoms with Gasteiger partial charge in [0.2, 0.25) is 0 Å². The van der Waals surface area contributed by atoms with Crippen molar-refractivity contribution in [3.05, 3.63) is 0 Å². The molecule has 0 aromatic carbocycles. The maximum Gasteiger partial charge on any atom is 0.314 e. The smallest absolute Gasteiger partial charge is 0.314 e. The zero-order valence-corrected chi connectivity index (χ0v) is 7.51. The molecule has 1 aliphatic carbocycles. The summed E-state index contributed by atoms with van der Waals surface area (Å²) >= 11 is 0. The standard InChI is InChI=1S/C9H16O3/c1-12-8(11)9(7-10)5-3-2-4-6-9/h10H,2-7H2,1H3. The average Bonchev–Trinajstić information content (AvgIpc) is 2.17. The van der Waals surface area contributed by atoms with Gasteiger partial charge in [0.1, 0.15) is 0 Å². The molecule has 0 radical (unpaired) electrons. The summed E-state index contributed by atoms with van der Waals surface area (Å²) in [6, 6.07) is 0. The van der Waals surface area contributed by atoms with Crippen LogP contribution in [0.5, 0.6) is 0 Å². The number of aliphatic hydroxyl groups excluding tert-OH is 1. The second kappa shape index (κ2) is 3.90. The van der Waals surface area contributed by atoms with E-state index in [1.54, 1.807) is 0 Å². The predicted molar refractivity (Wildman–Crippen MR) is 44.6 cm³/mol.